The van der Waals surface area contributed by atoms with Gasteiger partial charge >= 0.3 is 0 Å². The smallest absolute Gasteiger partial charge is 0.235 e. The summed E-state index contributed by atoms with van der Waals surface area (Å²) in [6.07, 6.45) is 4.97. The summed E-state index contributed by atoms with van der Waals surface area (Å²) in [6, 6.07) is 13.9. The summed E-state index contributed by atoms with van der Waals surface area (Å²) in [5, 5.41) is 0.778. The number of hydrogen-bond acceptors (Lipinski definition) is 4. The van der Waals surface area contributed by atoms with Crippen molar-refractivity contribution in [2.24, 2.45) is 0 Å². The van der Waals surface area contributed by atoms with Gasteiger partial charge in [-0.15, -0.1) is 0 Å². The number of nitrogen functional groups attached to an aromatic ring is 1. The van der Waals surface area contributed by atoms with E-state index in [-0.39, 0.29) is 5.25 Å². The van der Waals surface area contributed by atoms with E-state index in [9.17, 15) is 8.42 Å². The zero-order valence-electron chi connectivity index (χ0n) is 16.4. The van der Waals surface area contributed by atoms with Gasteiger partial charge in [0.1, 0.15) is 5.75 Å². The Morgan fingerprint density at radius 1 is 1.07 bits per heavy atom. The van der Waals surface area contributed by atoms with E-state index in [1.165, 1.54) is 6.42 Å². The lowest BCUT2D eigenvalue weighted by Gasteiger charge is -2.30. The molecule has 1 aromatic heterocycles. The highest BCUT2D eigenvalue weighted by Crippen LogP contribution is 2.45. The second-order valence-corrected chi connectivity index (χ2v) is 9.98. The molecule has 0 bridgehead atoms. The first-order valence-corrected chi connectivity index (χ1v) is 11.6. The average Bonchev–Trinajstić information content (AvgIpc) is 3.49. The Bertz CT molecular complexity index is 1170. The lowest BCUT2D eigenvalue weighted by Crippen LogP contribution is -2.18. The van der Waals surface area contributed by atoms with Crippen LogP contribution in [0.3, 0.4) is 0 Å². The zero-order chi connectivity index (χ0) is 20.2. The number of ether oxygens (including phenoxy) is 1. The summed E-state index contributed by atoms with van der Waals surface area (Å²) >= 11 is 0. The number of nitrogens with two attached hydrogens (primary N) is 1. The molecule has 0 unspecified atom stereocenters. The molecule has 5 rings (SSSR count). The van der Waals surface area contributed by atoms with Crippen LogP contribution >= 0.6 is 0 Å². The molecule has 3 aromatic rings. The quantitative estimate of drug-likeness (QED) is 0.624. The van der Waals surface area contributed by atoms with Crippen molar-refractivity contribution in [3.63, 3.8) is 0 Å². The Morgan fingerprint density at radius 3 is 2.38 bits per heavy atom. The van der Waals surface area contributed by atoms with E-state index < -0.39 is 10.0 Å². The minimum Gasteiger partial charge on any atom is -0.497 e. The zero-order valence-corrected chi connectivity index (χ0v) is 17.2. The predicted octanol–water partition coefficient (Wildman–Crippen LogP) is 4.53. The largest absolute Gasteiger partial charge is 0.497 e. The van der Waals surface area contributed by atoms with Gasteiger partial charge in [-0.25, -0.2) is 8.42 Å². The van der Waals surface area contributed by atoms with Crippen LogP contribution in [0.25, 0.3) is 22.2 Å². The average molecular weight is 412 g/mol. The van der Waals surface area contributed by atoms with E-state index in [4.69, 9.17) is 10.5 Å². The van der Waals surface area contributed by atoms with Crippen LogP contribution < -0.4 is 15.2 Å². The van der Waals surface area contributed by atoms with E-state index >= 15 is 0 Å². The maximum absolute atomic E-state index is 12.2. The van der Waals surface area contributed by atoms with Crippen LogP contribution in [0.4, 0.5) is 11.4 Å². The molecule has 7 heteroatoms. The number of hydrogen-bond donors (Lipinski definition) is 2. The second kappa shape index (κ2) is 6.69. The number of rotatable bonds is 6. The van der Waals surface area contributed by atoms with Crippen molar-refractivity contribution in [3.8, 4) is 17.0 Å². The highest BCUT2D eigenvalue weighted by Gasteiger charge is 2.35. The molecule has 29 heavy (non-hydrogen) atoms. The molecule has 0 aliphatic heterocycles. The number of fused-ring (bicyclic) bond motifs is 1. The number of benzene rings is 2. The Morgan fingerprint density at radius 2 is 1.79 bits per heavy atom. The van der Waals surface area contributed by atoms with Gasteiger partial charge in [0.25, 0.3) is 0 Å². The van der Waals surface area contributed by atoms with Crippen LogP contribution in [-0.4, -0.2) is 25.3 Å². The van der Waals surface area contributed by atoms with Gasteiger partial charge in [0.15, 0.2) is 0 Å². The third-order valence-corrected chi connectivity index (χ3v) is 7.94. The molecular weight excluding hydrogens is 386 g/mol. The number of anilines is 2. The molecule has 2 aliphatic carbocycles. The Kier molecular flexibility index (Phi) is 4.24. The first-order valence-electron chi connectivity index (χ1n) is 10.1. The lowest BCUT2D eigenvalue weighted by molar-refractivity contribution is 0.324. The van der Waals surface area contributed by atoms with E-state index in [2.05, 4.69) is 9.29 Å². The fourth-order valence-corrected chi connectivity index (χ4v) is 5.47. The van der Waals surface area contributed by atoms with Gasteiger partial charge in [-0.2, -0.15) is 0 Å². The van der Waals surface area contributed by atoms with Gasteiger partial charge in [-0.05, 0) is 56.4 Å². The van der Waals surface area contributed by atoms with E-state index in [1.54, 1.807) is 7.11 Å². The normalized spacial score (nSPS) is 17.3. The third-order valence-electron chi connectivity index (χ3n) is 6.07. The minimum absolute atomic E-state index is 0.242. The molecule has 2 aromatic carbocycles. The minimum atomic E-state index is -3.26. The molecule has 3 N–H and O–H groups in total. The first-order chi connectivity index (χ1) is 14.0. The van der Waals surface area contributed by atoms with E-state index in [1.807, 2.05) is 42.5 Å². The standard InChI is InChI=1S/C22H25N3O3S/c1-28-17-9-12-19-20(13-17)25(16-3-2-4-16)22(21(19)23)14-5-7-15(8-6-14)24-29(26,27)18-10-11-18/h5-9,12-13,16,18,24H,2-4,10-11,23H2,1H3. The fourth-order valence-electron chi connectivity index (χ4n) is 4.08. The second-order valence-electron chi connectivity index (χ2n) is 8.02. The molecule has 1 heterocycles. The molecule has 2 aliphatic rings. The van der Waals surface area contributed by atoms with Gasteiger partial charge < -0.3 is 15.0 Å². The Labute approximate surface area is 170 Å². The van der Waals surface area contributed by atoms with Crippen LogP contribution in [0, 0.1) is 0 Å². The van der Waals surface area contributed by atoms with Crippen LogP contribution in [0.15, 0.2) is 42.5 Å². The van der Waals surface area contributed by atoms with Gasteiger partial charge in [0, 0.05) is 28.7 Å². The predicted molar refractivity (Wildman–Crippen MR) is 117 cm³/mol. The fraction of sp³-hybridized carbons (Fsp3) is 0.364. The Hall–Kier alpha value is -2.67. The summed E-state index contributed by atoms with van der Waals surface area (Å²) in [5.41, 5.74) is 11.0. The first kappa shape index (κ1) is 18.4. The van der Waals surface area contributed by atoms with Crippen LogP contribution in [0.1, 0.15) is 38.1 Å². The number of sulfonamides is 1. The van der Waals surface area contributed by atoms with Crippen molar-refractivity contribution >= 4 is 32.3 Å². The monoisotopic (exact) mass is 411 g/mol. The molecule has 2 saturated carbocycles. The molecule has 0 spiro atoms. The molecule has 152 valence electrons. The summed E-state index contributed by atoms with van der Waals surface area (Å²) in [4.78, 5) is 0. The van der Waals surface area contributed by atoms with E-state index in [0.717, 1.165) is 59.3 Å². The molecule has 0 saturated heterocycles. The maximum atomic E-state index is 12.2. The molecule has 2 fully saturated rings. The van der Waals surface area contributed by atoms with Crippen molar-refractivity contribution in [1.29, 1.82) is 0 Å². The summed E-state index contributed by atoms with van der Waals surface area (Å²) in [7, 11) is -1.59. The Balaban J connectivity index is 1.58. The van der Waals surface area contributed by atoms with Gasteiger partial charge in [-0.3, -0.25) is 4.72 Å². The maximum Gasteiger partial charge on any atom is 0.235 e. The topological polar surface area (TPSA) is 86.3 Å². The van der Waals surface area contributed by atoms with Crippen molar-refractivity contribution in [2.45, 2.75) is 43.4 Å². The highest BCUT2D eigenvalue weighted by molar-refractivity contribution is 7.93. The van der Waals surface area contributed by atoms with Gasteiger partial charge in [0.05, 0.1) is 29.3 Å². The third kappa shape index (κ3) is 3.13. The SMILES string of the molecule is COc1ccc2c(N)c(-c3ccc(NS(=O)(=O)C4CC4)cc3)n(C3CCC3)c2c1. The van der Waals surface area contributed by atoms with Gasteiger partial charge in [-0.1, -0.05) is 12.1 Å². The summed E-state index contributed by atoms with van der Waals surface area (Å²) < 4.78 is 34.8. The van der Waals surface area contributed by atoms with Crippen LogP contribution in [0.2, 0.25) is 0 Å². The number of aromatic nitrogens is 1. The summed E-state index contributed by atoms with van der Waals surface area (Å²) in [6.45, 7) is 0. The molecule has 0 atom stereocenters. The van der Waals surface area contributed by atoms with E-state index in [0.29, 0.717) is 11.7 Å². The number of methoxy groups -OCH3 is 1. The van der Waals surface area contributed by atoms with Crippen molar-refractivity contribution < 1.29 is 13.2 Å². The van der Waals surface area contributed by atoms with Crippen molar-refractivity contribution in [2.75, 3.05) is 17.6 Å². The lowest BCUT2D eigenvalue weighted by atomic mass is 9.92. The van der Waals surface area contributed by atoms with Crippen LogP contribution in [0.5, 0.6) is 5.75 Å². The molecular formula is C22H25N3O3S. The van der Waals surface area contributed by atoms with Crippen molar-refractivity contribution in [3.05, 3.63) is 42.5 Å². The van der Waals surface area contributed by atoms with Crippen LogP contribution in [-0.2, 0) is 10.0 Å². The molecule has 0 radical (unpaired) electrons. The molecule has 0 amide bonds. The number of nitrogens with one attached hydrogen (secondary N) is 1. The molecule has 6 nitrogen and oxygen atoms in total. The number of nitrogens with zero attached hydrogens (tertiary/aromatic N) is 1. The summed E-state index contributed by atoms with van der Waals surface area (Å²) in [5.74, 6) is 0.812. The van der Waals surface area contributed by atoms with Crippen molar-refractivity contribution in [1.82, 2.24) is 4.57 Å². The van der Waals surface area contributed by atoms with Gasteiger partial charge in [0.2, 0.25) is 10.0 Å². The highest BCUT2D eigenvalue weighted by atomic mass is 32.2.